The minimum absolute atomic E-state index is 0.0556. The second-order valence-electron chi connectivity index (χ2n) is 9.64. The Labute approximate surface area is 265 Å². The summed E-state index contributed by atoms with van der Waals surface area (Å²) >= 11 is 0. The summed E-state index contributed by atoms with van der Waals surface area (Å²) in [7, 11) is 0. The van der Waals surface area contributed by atoms with Gasteiger partial charge in [0.15, 0.2) is 11.6 Å². The fraction of sp³-hybridized carbons (Fsp3) is 0.250. The van der Waals surface area contributed by atoms with Crippen molar-refractivity contribution in [3.8, 4) is 22.5 Å². The van der Waals surface area contributed by atoms with E-state index in [1.807, 2.05) is 39.8 Å². The molecule has 0 amide bonds. The Hall–Kier alpha value is -4.70. The van der Waals surface area contributed by atoms with E-state index in [1.54, 1.807) is 0 Å². The molecule has 0 fully saturated rings. The molecular formula is C40H48N4. The number of hydrogen-bond acceptors (Lipinski definition) is 4. The lowest BCUT2D eigenvalue weighted by Crippen LogP contribution is -2.38. The first-order valence-electron chi connectivity index (χ1n) is 16.0. The largest absolute Gasteiger partial charge is 0.302 e. The molecule has 1 aliphatic rings. The maximum atomic E-state index is 5.45. The Morgan fingerprint density at radius 1 is 0.568 bits per heavy atom. The van der Waals surface area contributed by atoms with Gasteiger partial charge in [-0.3, -0.25) is 0 Å². The van der Waals surface area contributed by atoms with Gasteiger partial charge in [0.1, 0.15) is 6.17 Å². The van der Waals surface area contributed by atoms with Crippen molar-refractivity contribution in [2.75, 3.05) is 9.80 Å². The van der Waals surface area contributed by atoms with Crippen LogP contribution in [0, 0.1) is 0 Å². The zero-order valence-electron chi connectivity index (χ0n) is 27.4. The van der Waals surface area contributed by atoms with Gasteiger partial charge in [0.2, 0.25) is 0 Å². The lowest BCUT2D eigenvalue weighted by molar-refractivity contribution is 0.660. The van der Waals surface area contributed by atoms with E-state index in [2.05, 4.69) is 140 Å². The average molecular weight is 585 g/mol. The fourth-order valence-corrected chi connectivity index (χ4v) is 5.48. The maximum Gasteiger partial charge on any atom is 0.179 e. The van der Waals surface area contributed by atoms with Crippen molar-refractivity contribution >= 4 is 23.0 Å². The van der Waals surface area contributed by atoms with Gasteiger partial charge >= 0.3 is 0 Å². The van der Waals surface area contributed by atoms with Crippen LogP contribution in [0.25, 0.3) is 22.5 Å². The number of rotatable bonds is 7. The Morgan fingerprint density at radius 3 is 1.48 bits per heavy atom. The highest BCUT2D eigenvalue weighted by molar-refractivity contribution is 5.89. The van der Waals surface area contributed by atoms with Crippen LogP contribution in [0.15, 0.2) is 128 Å². The zero-order chi connectivity index (χ0) is 31.9. The molecule has 0 bridgehead atoms. The lowest BCUT2D eigenvalue weighted by Gasteiger charge is -2.32. The number of fused-ring (bicyclic) bond motifs is 1. The van der Waals surface area contributed by atoms with Crippen molar-refractivity contribution < 1.29 is 0 Å². The molecule has 0 saturated carbocycles. The standard InChI is InChI=1S/C34H32N4.2C2H6.C2H4/c1-3-16-25-17-14-15-24-29(25)38-30(4-2)37(28-22-12-7-13-23-28)33-34(38)36-32(27-20-10-6-11-21-27)31(35-33)26-18-8-5-9-19-26;3*1-2/h5-15,17-24,30H,3-4,16H2,1-2H3;2*1-2H3;1-2H2. The zero-order valence-corrected chi connectivity index (χ0v) is 27.4. The van der Waals surface area contributed by atoms with Crippen LogP contribution >= 0.6 is 0 Å². The third-order valence-electron chi connectivity index (χ3n) is 7.18. The number of anilines is 4. The summed E-state index contributed by atoms with van der Waals surface area (Å²) in [5, 5.41) is 0. The van der Waals surface area contributed by atoms with Crippen molar-refractivity contribution in [3.05, 3.63) is 134 Å². The Morgan fingerprint density at radius 2 is 1.00 bits per heavy atom. The van der Waals surface area contributed by atoms with Crippen molar-refractivity contribution in [1.82, 2.24) is 9.97 Å². The van der Waals surface area contributed by atoms with E-state index in [0.29, 0.717) is 0 Å². The van der Waals surface area contributed by atoms with E-state index in [4.69, 9.17) is 9.97 Å². The predicted octanol–water partition coefficient (Wildman–Crippen LogP) is 11.6. The molecule has 5 aromatic rings. The van der Waals surface area contributed by atoms with Crippen molar-refractivity contribution in [2.45, 2.75) is 67.0 Å². The Bertz CT molecular complexity index is 1530. The van der Waals surface area contributed by atoms with E-state index in [0.717, 1.165) is 59.1 Å². The van der Waals surface area contributed by atoms with Crippen molar-refractivity contribution in [3.63, 3.8) is 0 Å². The highest BCUT2D eigenvalue weighted by Crippen LogP contribution is 2.49. The van der Waals surface area contributed by atoms with Crippen LogP contribution in [-0.2, 0) is 6.42 Å². The highest BCUT2D eigenvalue weighted by atomic mass is 15.5. The minimum Gasteiger partial charge on any atom is -0.302 e. The molecule has 2 heterocycles. The summed E-state index contributed by atoms with van der Waals surface area (Å²) in [6.45, 7) is 18.5. The van der Waals surface area contributed by atoms with Crippen molar-refractivity contribution in [2.24, 2.45) is 0 Å². The molecule has 228 valence electrons. The quantitative estimate of drug-likeness (QED) is 0.178. The van der Waals surface area contributed by atoms with Gasteiger partial charge in [0.25, 0.3) is 0 Å². The topological polar surface area (TPSA) is 32.3 Å². The average Bonchev–Trinajstić information content (AvgIpc) is 3.45. The highest BCUT2D eigenvalue weighted by Gasteiger charge is 2.41. The summed E-state index contributed by atoms with van der Waals surface area (Å²) in [6, 6.07) is 40.2. The molecule has 1 aromatic heterocycles. The first kappa shape index (κ1) is 33.8. The Kier molecular flexibility index (Phi) is 13.4. The van der Waals surface area contributed by atoms with Crippen LogP contribution in [0.5, 0.6) is 0 Å². The molecule has 4 heteroatoms. The first-order chi connectivity index (χ1) is 21.8. The maximum absolute atomic E-state index is 5.45. The van der Waals surface area contributed by atoms with Crippen LogP contribution in [-0.4, -0.2) is 16.1 Å². The first-order valence-corrected chi connectivity index (χ1v) is 16.0. The van der Waals surface area contributed by atoms with Gasteiger partial charge in [-0.1, -0.05) is 145 Å². The number of aryl methyl sites for hydroxylation is 1. The predicted molar refractivity (Wildman–Crippen MR) is 192 cm³/mol. The number of hydrogen-bond donors (Lipinski definition) is 0. The van der Waals surface area contributed by atoms with Crippen LogP contribution in [0.1, 0.15) is 59.9 Å². The van der Waals surface area contributed by atoms with E-state index in [1.165, 1.54) is 11.3 Å². The van der Waals surface area contributed by atoms with E-state index < -0.39 is 0 Å². The third-order valence-corrected chi connectivity index (χ3v) is 7.18. The molecule has 1 atom stereocenters. The normalized spacial score (nSPS) is 12.9. The van der Waals surface area contributed by atoms with Gasteiger partial charge in [-0.05, 0) is 36.6 Å². The van der Waals surface area contributed by atoms with E-state index in [-0.39, 0.29) is 6.17 Å². The molecule has 0 radical (unpaired) electrons. The second-order valence-corrected chi connectivity index (χ2v) is 9.64. The van der Waals surface area contributed by atoms with Crippen LogP contribution in [0.2, 0.25) is 0 Å². The van der Waals surface area contributed by atoms with Gasteiger partial charge in [-0.15, -0.1) is 13.2 Å². The number of nitrogens with zero attached hydrogens (tertiary/aromatic N) is 4. The Balaban J connectivity index is 0.000000832. The molecule has 0 spiro atoms. The second kappa shape index (κ2) is 17.4. The SMILES string of the molecule is C=C.CC.CC.CCCc1ccccc1N1c2nc(-c3ccccc3)c(-c3ccccc3)nc2N(c2ccccc2)C1CC. The molecule has 0 aliphatic carbocycles. The van der Waals surface area contributed by atoms with Gasteiger partial charge in [-0.2, -0.15) is 0 Å². The molecule has 4 aromatic carbocycles. The molecule has 44 heavy (non-hydrogen) atoms. The molecule has 1 aliphatic heterocycles. The number of benzene rings is 4. The smallest absolute Gasteiger partial charge is 0.179 e. The molecular weight excluding hydrogens is 536 g/mol. The molecule has 0 N–H and O–H groups in total. The van der Waals surface area contributed by atoms with Gasteiger partial charge in [0, 0.05) is 22.5 Å². The summed E-state index contributed by atoms with van der Waals surface area (Å²) in [6.07, 6.45) is 3.07. The summed E-state index contributed by atoms with van der Waals surface area (Å²) in [5.74, 6) is 1.80. The summed E-state index contributed by atoms with van der Waals surface area (Å²) in [5.41, 5.74) is 7.60. The van der Waals surface area contributed by atoms with Gasteiger partial charge in [0.05, 0.1) is 11.4 Å². The number of aromatic nitrogens is 2. The van der Waals surface area contributed by atoms with Crippen LogP contribution in [0.4, 0.5) is 23.0 Å². The molecule has 4 nitrogen and oxygen atoms in total. The van der Waals surface area contributed by atoms with Crippen molar-refractivity contribution in [1.29, 1.82) is 0 Å². The van der Waals surface area contributed by atoms with Gasteiger partial charge in [-0.25, -0.2) is 9.97 Å². The fourth-order valence-electron chi connectivity index (χ4n) is 5.48. The lowest BCUT2D eigenvalue weighted by atomic mass is 10.0. The van der Waals surface area contributed by atoms with E-state index >= 15 is 0 Å². The van der Waals surface area contributed by atoms with E-state index in [9.17, 15) is 0 Å². The summed E-state index contributed by atoms with van der Waals surface area (Å²) in [4.78, 5) is 15.7. The molecule has 6 rings (SSSR count). The minimum atomic E-state index is 0.0556. The molecule has 1 unspecified atom stereocenters. The third kappa shape index (κ3) is 7.08. The number of para-hydroxylation sites is 2. The summed E-state index contributed by atoms with van der Waals surface area (Å²) < 4.78 is 0. The van der Waals surface area contributed by atoms with Crippen LogP contribution < -0.4 is 9.80 Å². The monoisotopic (exact) mass is 584 g/mol. The molecule has 0 saturated heterocycles. The van der Waals surface area contributed by atoms with Crippen LogP contribution in [0.3, 0.4) is 0 Å². The van der Waals surface area contributed by atoms with Gasteiger partial charge < -0.3 is 9.80 Å².